The van der Waals surface area contributed by atoms with E-state index in [2.05, 4.69) is 29.4 Å². The van der Waals surface area contributed by atoms with Crippen LogP contribution in [0, 0.1) is 57.2 Å². The van der Waals surface area contributed by atoms with Crippen molar-refractivity contribution in [2.24, 2.45) is 45.3 Å². The molecule has 61 heavy (non-hydrogen) atoms. The first-order valence-corrected chi connectivity index (χ1v) is 23.4. The van der Waals surface area contributed by atoms with E-state index in [0.29, 0.717) is 70.3 Å². The molecule has 1 amide bonds. The molecule has 0 radical (unpaired) electrons. The van der Waals surface area contributed by atoms with E-state index in [4.69, 9.17) is 14.2 Å². The van der Waals surface area contributed by atoms with Crippen LogP contribution in [0.25, 0.3) is 0 Å². The average Bonchev–Trinajstić information content (AvgIpc) is 3.47. The van der Waals surface area contributed by atoms with Crippen molar-refractivity contribution in [1.82, 2.24) is 15.5 Å². The summed E-state index contributed by atoms with van der Waals surface area (Å²) in [5.74, 6) is 1.78. The molecule has 5 heterocycles. The summed E-state index contributed by atoms with van der Waals surface area (Å²) in [4.78, 5) is 31.2. The van der Waals surface area contributed by atoms with Crippen molar-refractivity contribution >= 4 is 11.7 Å². The van der Waals surface area contributed by atoms with E-state index in [0.717, 1.165) is 25.7 Å². The molecule has 0 aromatic heterocycles. The molecule has 10 rings (SSSR count). The molecule has 0 unspecified atom stereocenters. The number of hydrogen-bond acceptors (Lipinski definition) is 13. The molecule has 0 aromatic carbocycles. The zero-order valence-electron chi connectivity index (χ0n) is 36.8. The second-order valence-electron chi connectivity index (χ2n) is 21.5. The number of fused-ring (bicyclic) bond motifs is 4. The second-order valence-corrected chi connectivity index (χ2v) is 21.5. The Morgan fingerprint density at radius 3 is 2.49 bits per heavy atom. The quantitative estimate of drug-likeness (QED) is 0.0718. The number of hydrogen-bond donors (Lipinski definition) is 8. The van der Waals surface area contributed by atoms with Gasteiger partial charge in [-0.2, -0.15) is 0 Å². The largest absolute Gasteiger partial charge is 0.392 e. The minimum absolute atomic E-state index is 0.0620. The molecule has 10 aliphatic rings. The van der Waals surface area contributed by atoms with Crippen molar-refractivity contribution in [3.63, 3.8) is 0 Å². The lowest BCUT2D eigenvalue weighted by Crippen LogP contribution is -2.70. The molecule has 14 nitrogen and oxygen atoms in total. The van der Waals surface area contributed by atoms with Crippen LogP contribution in [0.4, 0.5) is 0 Å². The van der Waals surface area contributed by atoms with Gasteiger partial charge >= 0.3 is 0 Å². The number of piperidine rings is 1. The van der Waals surface area contributed by atoms with Gasteiger partial charge in [0, 0.05) is 80.9 Å². The summed E-state index contributed by atoms with van der Waals surface area (Å²) in [6.45, 7) is 9.22. The van der Waals surface area contributed by atoms with Gasteiger partial charge in [0.05, 0.1) is 35.3 Å². The summed E-state index contributed by atoms with van der Waals surface area (Å²) in [7, 11) is 1.67. The van der Waals surface area contributed by atoms with E-state index in [9.17, 15) is 40.2 Å². The molecule has 5 aliphatic carbocycles. The summed E-state index contributed by atoms with van der Waals surface area (Å²) in [6.07, 6.45) is 4.75. The van der Waals surface area contributed by atoms with Crippen LogP contribution in [0.5, 0.6) is 0 Å². The number of methoxy groups -OCH3 is 1. The highest BCUT2D eigenvalue weighted by atomic mass is 16.6. The Morgan fingerprint density at radius 1 is 1.02 bits per heavy atom. The fourth-order valence-electron chi connectivity index (χ4n) is 15.2. The number of rotatable bonds is 9. The average molecular weight is 854 g/mol. The number of nitrogens with one attached hydrogen (secondary N) is 2. The van der Waals surface area contributed by atoms with Crippen molar-refractivity contribution in [2.45, 2.75) is 171 Å². The van der Waals surface area contributed by atoms with Crippen LogP contribution in [0.1, 0.15) is 111 Å². The van der Waals surface area contributed by atoms with Gasteiger partial charge in [-0.3, -0.25) is 14.9 Å². The number of nitrogens with zero attached hydrogens (tertiary/aromatic N) is 1. The van der Waals surface area contributed by atoms with E-state index in [-0.39, 0.29) is 55.7 Å². The van der Waals surface area contributed by atoms with Crippen LogP contribution in [-0.4, -0.2) is 147 Å². The first-order chi connectivity index (χ1) is 28.8. The first kappa shape index (κ1) is 44.2. The normalized spacial score (nSPS) is 48.4. The highest BCUT2D eigenvalue weighted by molar-refractivity contribution is 5.96. The van der Waals surface area contributed by atoms with E-state index in [1.807, 2.05) is 11.8 Å². The number of ether oxygens (including phenoxy) is 3. The first-order valence-electron chi connectivity index (χ1n) is 23.4. The molecule has 7 fully saturated rings. The number of ketones is 1. The molecule has 4 saturated carbocycles. The van der Waals surface area contributed by atoms with Gasteiger partial charge in [0.2, 0.25) is 11.7 Å². The predicted octanol–water partition coefficient (Wildman–Crippen LogP) is 1.52. The molecule has 16 atom stereocenters. The van der Waals surface area contributed by atoms with Crippen LogP contribution < -0.4 is 10.6 Å². The molecule has 5 aliphatic heterocycles. The van der Waals surface area contributed by atoms with Gasteiger partial charge < -0.3 is 55.1 Å². The van der Waals surface area contributed by atoms with E-state index < -0.39 is 87.0 Å². The Bertz CT molecular complexity index is 1840. The zero-order chi connectivity index (χ0) is 43.5. The molecule has 0 aromatic rings. The molecule has 7 bridgehead atoms. The summed E-state index contributed by atoms with van der Waals surface area (Å²) in [5.41, 5.74) is -6.63. The van der Waals surface area contributed by atoms with E-state index in [1.165, 1.54) is 6.92 Å². The Kier molecular flexibility index (Phi) is 11.1. The van der Waals surface area contributed by atoms with Gasteiger partial charge in [0.25, 0.3) is 0 Å². The Labute approximate surface area is 360 Å². The van der Waals surface area contributed by atoms with Crippen molar-refractivity contribution in [3.8, 4) is 11.8 Å². The molecule has 8 N–H and O–H groups in total. The lowest BCUT2D eigenvalue weighted by molar-refractivity contribution is -0.344. The van der Waals surface area contributed by atoms with Crippen molar-refractivity contribution in [2.75, 3.05) is 40.0 Å². The van der Waals surface area contributed by atoms with Crippen molar-refractivity contribution in [1.29, 1.82) is 0 Å². The van der Waals surface area contributed by atoms with Gasteiger partial charge in [0.15, 0.2) is 5.78 Å². The Balaban J connectivity index is 1.16. The number of amides is 1. The summed E-state index contributed by atoms with van der Waals surface area (Å²) < 4.78 is 18.2. The highest BCUT2D eigenvalue weighted by Crippen LogP contribution is 2.74. The minimum atomic E-state index is -2.90. The van der Waals surface area contributed by atoms with Gasteiger partial charge in [-0.05, 0) is 95.1 Å². The third kappa shape index (κ3) is 6.29. The van der Waals surface area contributed by atoms with Gasteiger partial charge in [-0.1, -0.05) is 32.6 Å². The molecule has 340 valence electrons. The van der Waals surface area contributed by atoms with E-state index in [1.54, 1.807) is 20.1 Å². The van der Waals surface area contributed by atoms with Crippen LogP contribution in [0.15, 0.2) is 11.6 Å². The number of carbonyl (C=O) groups is 2. The minimum Gasteiger partial charge on any atom is -0.392 e. The maximum absolute atomic E-state index is 14.8. The van der Waals surface area contributed by atoms with Crippen LogP contribution >= 0.6 is 0 Å². The zero-order valence-corrected chi connectivity index (χ0v) is 36.8. The van der Waals surface area contributed by atoms with Crippen LogP contribution in [-0.2, 0) is 23.8 Å². The van der Waals surface area contributed by atoms with Crippen LogP contribution in [0.3, 0.4) is 0 Å². The maximum atomic E-state index is 14.8. The SMILES string of the molecule is COCCCO[C@H]1CC[C@@]2(C)[C@@H](C1)C(=O)C=C1[C@]3(O)CC[C@@H]4[C@](C)(O)C(O)(O)[C@H]5O[C@@H]6[C@@H]([C@H]5CNC[C@H](C)O)C5(CCCC5)[C@@H](N[C@H]6O)C(=O)N5C[C@H]5CC#C[C@]12CC[C@]43C. The lowest BCUT2D eigenvalue weighted by atomic mass is 9.39. The number of aliphatic hydroxyl groups is 6. The smallest absolute Gasteiger partial charge is 0.240 e. The molecular formula is C47H71N3O11. The summed E-state index contributed by atoms with van der Waals surface area (Å²) in [5, 5.41) is 80.6. The second kappa shape index (κ2) is 15.3. The molecule has 2 spiro atoms. The highest BCUT2D eigenvalue weighted by Gasteiger charge is 2.77. The number of carbonyl (C=O) groups excluding carboxylic acids is 2. The predicted molar refractivity (Wildman–Crippen MR) is 222 cm³/mol. The maximum Gasteiger partial charge on any atom is 0.240 e. The number of aliphatic hydroxyl groups excluding tert-OH is 2. The van der Waals surface area contributed by atoms with E-state index >= 15 is 0 Å². The van der Waals surface area contributed by atoms with Gasteiger partial charge in [-0.15, -0.1) is 5.92 Å². The standard InChI is InChI=1S/C47H71N3O11/c1-27(51)24-48-25-30-35-36-39(53)49-37(44(35)13-6-7-14-44)40(54)50-26-28(50)10-8-15-45-19-18-42(3)33(43(4,55)47(57,58)38(30)61-36)12-17-46(42,56)34(45)23-32(52)31-22-29(11-16-41(31,45)2)60-21-9-20-59-5/h23,27-31,33,35-39,48-49,51,53,55-58H,6-7,9-14,16-22,24-26H2,1-5H3/t27-,28+,29-,30+,31-,33-,35+,36+,37-,38-,39-,41-,42+,43-,45-,46+,50?/m0/s1. The Morgan fingerprint density at radius 2 is 1.77 bits per heavy atom. The molecular weight excluding hydrogens is 783 g/mol. The summed E-state index contributed by atoms with van der Waals surface area (Å²) in [6, 6.07) is -0.884. The fraction of sp³-hybridized carbons (Fsp3) is 0.872. The van der Waals surface area contributed by atoms with Crippen molar-refractivity contribution < 1.29 is 54.4 Å². The van der Waals surface area contributed by atoms with Gasteiger partial charge in [-0.25, -0.2) is 0 Å². The lowest BCUT2D eigenvalue weighted by Gasteiger charge is -2.64. The van der Waals surface area contributed by atoms with Crippen molar-refractivity contribution in [3.05, 3.63) is 11.6 Å². The van der Waals surface area contributed by atoms with Gasteiger partial charge in [0.1, 0.15) is 24.0 Å². The number of allylic oxidation sites excluding steroid dienone is 1. The molecule has 3 saturated heterocycles. The third-order valence-corrected chi connectivity index (χ3v) is 18.6. The monoisotopic (exact) mass is 854 g/mol. The third-order valence-electron chi connectivity index (χ3n) is 18.6. The fourth-order valence-corrected chi connectivity index (χ4v) is 15.2. The Hall–Kier alpha value is -2.00. The summed E-state index contributed by atoms with van der Waals surface area (Å²) >= 11 is 0. The molecule has 14 heteroatoms. The van der Waals surface area contributed by atoms with Crippen LogP contribution in [0.2, 0.25) is 0 Å². The topological polar surface area (TPSA) is 210 Å².